The first-order valence-corrected chi connectivity index (χ1v) is 16.3. The van der Waals surface area contributed by atoms with Crippen molar-refractivity contribution in [3.8, 4) is 22.8 Å². The third-order valence-corrected chi connectivity index (χ3v) is 11.3. The highest BCUT2D eigenvalue weighted by Gasteiger charge is 2.68. The van der Waals surface area contributed by atoms with Crippen molar-refractivity contribution in [1.29, 1.82) is 0 Å². The molecule has 1 unspecified atom stereocenters. The number of hydrogen-bond donors (Lipinski definition) is 0. The third kappa shape index (κ3) is 2.30. The highest BCUT2D eigenvalue weighted by atomic mass is 16.5. The Bertz CT molecular complexity index is 3170. The predicted molar refractivity (Wildman–Crippen MR) is 186 cm³/mol. The Hall–Kier alpha value is -6.26. The number of benzene rings is 7. The van der Waals surface area contributed by atoms with Gasteiger partial charge in [0.05, 0.1) is 10.9 Å². The van der Waals surface area contributed by atoms with Gasteiger partial charge in [-0.1, -0.05) is 66.7 Å². The van der Waals surface area contributed by atoms with Crippen LogP contribution in [0.2, 0.25) is 0 Å². The van der Waals surface area contributed by atoms with E-state index in [0.29, 0.717) is 0 Å². The molecule has 0 bridgehead atoms. The van der Waals surface area contributed by atoms with Crippen LogP contribution in [-0.4, -0.2) is 4.40 Å². The molecule has 13 rings (SSSR count). The van der Waals surface area contributed by atoms with Gasteiger partial charge >= 0.3 is 11.3 Å². The highest BCUT2D eigenvalue weighted by molar-refractivity contribution is 6.29. The zero-order chi connectivity index (χ0) is 30.2. The Balaban J connectivity index is 1.36. The lowest BCUT2D eigenvalue weighted by atomic mass is 9.85. The Kier molecular flexibility index (Phi) is 3.64. The van der Waals surface area contributed by atoms with Crippen LogP contribution in [0.3, 0.4) is 0 Å². The highest BCUT2D eigenvalue weighted by Crippen LogP contribution is 2.58. The van der Waals surface area contributed by atoms with E-state index in [9.17, 15) is 0 Å². The molecule has 47 heavy (non-hydrogen) atoms. The number of nitrogens with zero attached hydrogens (tertiary/aromatic N) is 3. The fourth-order valence-electron chi connectivity index (χ4n) is 9.73. The molecule has 4 nitrogen and oxygen atoms in total. The Morgan fingerprint density at radius 3 is 2.04 bits per heavy atom. The summed E-state index contributed by atoms with van der Waals surface area (Å²) < 4.78 is 14.5. The Labute approximate surface area is 267 Å². The maximum absolute atomic E-state index is 6.85. The van der Waals surface area contributed by atoms with Crippen LogP contribution in [0, 0.1) is 0 Å². The SMILES string of the molecule is c1cc2c3c(c1)-c1cccc[n+]1C31c3c(ccc4c5cc6c7ccccc7c7ccccc7c6cc5n5c6ccccc6[n+]1c5c34)O2. The minimum absolute atomic E-state index is 0.609. The van der Waals surface area contributed by atoms with Gasteiger partial charge < -0.3 is 4.74 Å². The van der Waals surface area contributed by atoms with Gasteiger partial charge in [0.15, 0.2) is 17.2 Å². The molecular formula is C43H23N3O+2. The van der Waals surface area contributed by atoms with E-state index in [1.165, 1.54) is 93.1 Å². The predicted octanol–water partition coefficient (Wildman–Crippen LogP) is 9.13. The lowest BCUT2D eigenvalue weighted by Crippen LogP contribution is -2.71. The van der Waals surface area contributed by atoms with Crippen molar-refractivity contribution in [2.45, 2.75) is 5.66 Å². The number of imidazole rings is 1. The van der Waals surface area contributed by atoms with Crippen molar-refractivity contribution in [2.24, 2.45) is 0 Å². The van der Waals surface area contributed by atoms with Crippen LogP contribution >= 0.6 is 0 Å². The molecule has 0 amide bonds. The molecular weight excluding hydrogens is 574 g/mol. The lowest BCUT2D eigenvalue weighted by molar-refractivity contribution is -0.940. The third-order valence-electron chi connectivity index (χ3n) is 11.3. The summed E-state index contributed by atoms with van der Waals surface area (Å²) in [5.41, 5.74) is 9.12. The first kappa shape index (κ1) is 23.1. The minimum Gasteiger partial charge on any atom is -0.456 e. The number of pyridine rings is 2. The van der Waals surface area contributed by atoms with Crippen LogP contribution in [0.4, 0.5) is 0 Å². The van der Waals surface area contributed by atoms with E-state index < -0.39 is 5.66 Å². The summed E-state index contributed by atoms with van der Waals surface area (Å²) in [6.45, 7) is 0. The summed E-state index contributed by atoms with van der Waals surface area (Å²) >= 11 is 0. The summed E-state index contributed by atoms with van der Waals surface area (Å²) in [4.78, 5) is 0. The van der Waals surface area contributed by atoms with Gasteiger partial charge in [-0.15, -0.1) is 9.13 Å². The molecule has 1 spiro atoms. The van der Waals surface area contributed by atoms with Crippen molar-refractivity contribution in [3.05, 3.63) is 151 Å². The summed E-state index contributed by atoms with van der Waals surface area (Å²) in [7, 11) is 0. The van der Waals surface area contributed by atoms with Crippen LogP contribution in [-0.2, 0) is 5.66 Å². The van der Waals surface area contributed by atoms with Gasteiger partial charge in [-0.25, -0.2) is 0 Å². The fraction of sp³-hybridized carbons (Fsp3) is 0.0233. The van der Waals surface area contributed by atoms with Crippen molar-refractivity contribution >= 4 is 70.7 Å². The van der Waals surface area contributed by atoms with Crippen LogP contribution in [0.5, 0.6) is 11.5 Å². The average Bonchev–Trinajstić information content (AvgIpc) is 3.75. The molecule has 10 aromatic rings. The molecule has 1 atom stereocenters. The van der Waals surface area contributed by atoms with Crippen LogP contribution < -0.4 is 13.9 Å². The normalized spacial score (nSPS) is 16.8. The maximum Gasteiger partial charge on any atom is 0.372 e. The van der Waals surface area contributed by atoms with E-state index in [2.05, 4.69) is 153 Å². The summed E-state index contributed by atoms with van der Waals surface area (Å²) in [5.74, 6) is 1.85. The fourth-order valence-corrected chi connectivity index (χ4v) is 9.73. The van der Waals surface area contributed by atoms with Crippen LogP contribution in [0.1, 0.15) is 11.1 Å². The molecule has 7 aromatic carbocycles. The van der Waals surface area contributed by atoms with E-state index in [4.69, 9.17) is 4.74 Å². The number of rotatable bonds is 0. The van der Waals surface area contributed by atoms with Gasteiger partial charge in [0, 0.05) is 22.9 Å². The molecule has 0 radical (unpaired) electrons. The van der Waals surface area contributed by atoms with Gasteiger partial charge in [0.25, 0.3) is 0 Å². The average molecular weight is 598 g/mol. The van der Waals surface area contributed by atoms with E-state index in [0.717, 1.165) is 11.5 Å². The molecule has 0 fully saturated rings. The van der Waals surface area contributed by atoms with E-state index in [1.807, 2.05) is 0 Å². The largest absolute Gasteiger partial charge is 0.456 e. The van der Waals surface area contributed by atoms with E-state index in [1.54, 1.807) is 0 Å². The molecule has 214 valence electrons. The second-order valence-corrected chi connectivity index (χ2v) is 13.3. The number of aromatic nitrogens is 3. The second kappa shape index (κ2) is 7.41. The Morgan fingerprint density at radius 1 is 0.511 bits per heavy atom. The van der Waals surface area contributed by atoms with Crippen molar-refractivity contribution in [3.63, 3.8) is 0 Å². The number of fused-ring (bicyclic) bond motifs is 14. The monoisotopic (exact) mass is 597 g/mol. The van der Waals surface area contributed by atoms with Gasteiger partial charge in [-0.3, -0.25) is 0 Å². The molecule has 3 aromatic heterocycles. The molecule has 3 aliphatic rings. The summed E-state index contributed by atoms with van der Waals surface area (Å²) in [6.07, 6.45) is 2.26. The first-order chi connectivity index (χ1) is 23.3. The number of ether oxygens (including phenoxy) is 1. The zero-order valence-corrected chi connectivity index (χ0v) is 25.0. The van der Waals surface area contributed by atoms with Gasteiger partial charge in [-0.05, 0) is 86.9 Å². The van der Waals surface area contributed by atoms with Crippen LogP contribution in [0.15, 0.2) is 140 Å². The smallest absolute Gasteiger partial charge is 0.372 e. The molecule has 0 saturated carbocycles. The lowest BCUT2D eigenvalue weighted by Gasteiger charge is -2.28. The molecule has 3 aliphatic heterocycles. The topological polar surface area (TPSA) is 21.4 Å². The second-order valence-electron chi connectivity index (χ2n) is 13.3. The Morgan fingerprint density at radius 2 is 1.21 bits per heavy atom. The standard InChI is InChI=1S/C43H23N3O/c1-3-12-26-24(10-1)25-11-2-4-13-27(25)31-23-36-32(22-30(26)31)28-19-20-38-41-39(28)42-45(36)34-16-5-6-17-35(34)46(42)43(41)40-29(14-9-18-37(40)47-38)33-15-7-8-21-44(33)43/h1-23H/q+2. The first-order valence-electron chi connectivity index (χ1n) is 16.3. The van der Waals surface area contributed by atoms with Gasteiger partial charge in [-0.2, -0.15) is 4.40 Å². The zero-order valence-electron chi connectivity index (χ0n) is 25.0. The summed E-state index contributed by atoms with van der Waals surface area (Å²) in [6, 6.07) is 49.2. The van der Waals surface area contributed by atoms with Gasteiger partial charge in [0.2, 0.25) is 5.69 Å². The number of para-hydroxylation sites is 2. The van der Waals surface area contributed by atoms with Crippen LogP contribution in [0.25, 0.3) is 81.9 Å². The summed E-state index contributed by atoms with van der Waals surface area (Å²) in [5, 5.41) is 11.5. The number of hydrogen-bond acceptors (Lipinski definition) is 1. The molecule has 0 N–H and O–H groups in total. The van der Waals surface area contributed by atoms with Crippen molar-refractivity contribution < 1.29 is 13.9 Å². The van der Waals surface area contributed by atoms with E-state index in [-0.39, 0.29) is 0 Å². The molecule has 0 saturated heterocycles. The molecule has 4 heteroatoms. The molecule has 6 heterocycles. The van der Waals surface area contributed by atoms with E-state index >= 15 is 0 Å². The quantitative estimate of drug-likeness (QED) is 0.0971. The van der Waals surface area contributed by atoms with Crippen molar-refractivity contribution in [2.75, 3.05) is 0 Å². The maximum atomic E-state index is 6.85. The minimum atomic E-state index is -0.609. The van der Waals surface area contributed by atoms with Gasteiger partial charge in [0.1, 0.15) is 28.1 Å². The molecule has 0 aliphatic carbocycles. The van der Waals surface area contributed by atoms with Crippen molar-refractivity contribution in [1.82, 2.24) is 4.40 Å².